The minimum Gasteiger partial charge on any atom is -0.381 e. The molecule has 31 heavy (non-hydrogen) atoms. The molecule has 0 spiro atoms. The number of hydrogen-bond acceptors (Lipinski definition) is 5. The van der Waals surface area contributed by atoms with E-state index in [0.717, 1.165) is 28.7 Å². The average Bonchev–Trinajstić information content (AvgIpc) is 3.09. The molecule has 3 aromatic rings. The second kappa shape index (κ2) is 7.64. The molecule has 1 fully saturated rings. The van der Waals surface area contributed by atoms with Gasteiger partial charge in [-0.2, -0.15) is 0 Å². The van der Waals surface area contributed by atoms with E-state index < -0.39 is 0 Å². The Morgan fingerprint density at radius 2 is 1.94 bits per heavy atom. The van der Waals surface area contributed by atoms with E-state index in [1.165, 1.54) is 0 Å². The zero-order valence-corrected chi connectivity index (χ0v) is 17.6. The van der Waals surface area contributed by atoms with Gasteiger partial charge in [0, 0.05) is 36.1 Å². The summed E-state index contributed by atoms with van der Waals surface area (Å²) in [5.41, 5.74) is 4.19. The highest BCUT2D eigenvalue weighted by molar-refractivity contribution is 5.98. The monoisotopic (exact) mass is 413 g/mol. The molecule has 3 heterocycles. The summed E-state index contributed by atoms with van der Waals surface area (Å²) >= 11 is 0. The van der Waals surface area contributed by atoms with Gasteiger partial charge in [0.1, 0.15) is 11.6 Å². The molecule has 2 aromatic carbocycles. The lowest BCUT2D eigenvalue weighted by atomic mass is 9.96. The molecule has 5 rings (SSSR count). The van der Waals surface area contributed by atoms with Crippen molar-refractivity contribution in [2.75, 3.05) is 24.7 Å². The van der Waals surface area contributed by atoms with E-state index in [9.17, 15) is 4.79 Å². The number of rotatable bonds is 4. The Morgan fingerprint density at radius 1 is 1.16 bits per heavy atom. The van der Waals surface area contributed by atoms with Crippen molar-refractivity contribution in [2.24, 2.45) is 5.92 Å². The number of aromatic nitrogens is 3. The molecule has 2 aliphatic rings. The van der Waals surface area contributed by atoms with Gasteiger partial charge in [-0.25, -0.2) is 4.85 Å². The number of ketones is 1. The van der Waals surface area contributed by atoms with Crippen LogP contribution in [0.25, 0.3) is 10.5 Å². The van der Waals surface area contributed by atoms with Gasteiger partial charge in [0.2, 0.25) is 0 Å². The molecular weight excluding hydrogens is 390 g/mol. The van der Waals surface area contributed by atoms with E-state index in [4.69, 9.17) is 11.3 Å². The van der Waals surface area contributed by atoms with Crippen LogP contribution in [0.1, 0.15) is 41.3 Å². The van der Waals surface area contributed by atoms with Crippen molar-refractivity contribution in [3.8, 4) is 5.69 Å². The quantitative estimate of drug-likeness (QED) is 0.462. The van der Waals surface area contributed by atoms with Crippen molar-refractivity contribution < 1.29 is 9.53 Å². The summed E-state index contributed by atoms with van der Waals surface area (Å²) in [7, 11) is 0. The topological polar surface area (TPSA) is 64.6 Å². The van der Waals surface area contributed by atoms with Crippen molar-refractivity contribution in [3.05, 3.63) is 71.1 Å². The van der Waals surface area contributed by atoms with Crippen LogP contribution in [0.5, 0.6) is 0 Å². The Hall–Kier alpha value is -3.50. The van der Waals surface area contributed by atoms with Crippen LogP contribution in [0.4, 0.5) is 17.1 Å². The summed E-state index contributed by atoms with van der Waals surface area (Å²) in [5, 5.41) is 8.74. The summed E-state index contributed by atoms with van der Waals surface area (Å²) in [6, 6.07) is 13.5. The number of carbonyl (C=O) groups is 1. The molecule has 0 unspecified atom stereocenters. The van der Waals surface area contributed by atoms with E-state index in [1.807, 2.05) is 49.4 Å². The number of ether oxygens (including phenoxy) is 1. The lowest BCUT2D eigenvalue weighted by molar-refractivity contribution is -0.0321. The van der Waals surface area contributed by atoms with Crippen LogP contribution >= 0.6 is 0 Å². The average molecular weight is 413 g/mol. The maximum Gasteiger partial charge on any atom is 0.187 e. The van der Waals surface area contributed by atoms with Crippen LogP contribution in [0, 0.1) is 19.4 Å². The SMILES string of the molecule is [C-]#[N+]c1ccc(N2C[C@@H](C)c3nnc(C)n3-c3ccc(C(=O)CC4COC4)cc32)cc1. The Labute approximate surface area is 181 Å². The molecule has 0 radical (unpaired) electrons. The smallest absolute Gasteiger partial charge is 0.187 e. The number of anilines is 2. The Bertz CT molecular complexity index is 1190. The fourth-order valence-electron chi connectivity index (χ4n) is 4.29. The molecule has 1 aromatic heterocycles. The molecule has 0 N–H and O–H groups in total. The molecule has 0 amide bonds. The zero-order chi connectivity index (χ0) is 21.5. The van der Waals surface area contributed by atoms with Crippen molar-refractivity contribution >= 4 is 22.8 Å². The second-order valence-corrected chi connectivity index (χ2v) is 8.31. The Kier molecular flexibility index (Phi) is 4.79. The standard InChI is InChI=1S/C24H23N5O2/c1-15-12-28(20-7-5-19(25-3)6-8-20)22-11-18(23(30)10-17-13-31-14-17)4-9-21(22)29-16(2)26-27-24(15)29/h4-9,11,15,17H,10,12-14H2,1-2H3/t15-/m1/s1. The minimum absolute atomic E-state index is 0.125. The first-order valence-electron chi connectivity index (χ1n) is 10.5. The van der Waals surface area contributed by atoms with Crippen molar-refractivity contribution in [2.45, 2.75) is 26.2 Å². The lowest BCUT2D eigenvalue weighted by Crippen LogP contribution is -2.29. The zero-order valence-electron chi connectivity index (χ0n) is 17.6. The van der Waals surface area contributed by atoms with Crippen molar-refractivity contribution in [1.82, 2.24) is 14.8 Å². The summed E-state index contributed by atoms with van der Waals surface area (Å²) < 4.78 is 7.31. The number of hydrogen-bond donors (Lipinski definition) is 0. The van der Waals surface area contributed by atoms with Gasteiger partial charge >= 0.3 is 0 Å². The third kappa shape index (κ3) is 3.39. The predicted molar refractivity (Wildman–Crippen MR) is 117 cm³/mol. The maximum absolute atomic E-state index is 12.9. The number of carbonyl (C=O) groups excluding carboxylic acids is 1. The molecule has 1 atom stereocenters. The van der Waals surface area contributed by atoms with Crippen molar-refractivity contribution in [3.63, 3.8) is 0 Å². The molecule has 156 valence electrons. The van der Waals surface area contributed by atoms with Crippen LogP contribution in [0.3, 0.4) is 0 Å². The molecule has 1 saturated heterocycles. The van der Waals surface area contributed by atoms with Gasteiger partial charge in [0.15, 0.2) is 11.5 Å². The van der Waals surface area contributed by atoms with E-state index >= 15 is 0 Å². The van der Waals surface area contributed by atoms with Gasteiger partial charge in [0.25, 0.3) is 0 Å². The van der Waals surface area contributed by atoms with Gasteiger partial charge in [-0.3, -0.25) is 9.36 Å². The highest BCUT2D eigenvalue weighted by atomic mass is 16.5. The fourth-order valence-corrected chi connectivity index (χ4v) is 4.29. The number of aryl methyl sites for hydroxylation is 1. The van der Waals surface area contributed by atoms with Gasteiger partial charge < -0.3 is 9.64 Å². The van der Waals surface area contributed by atoms with Crippen LogP contribution in [0.2, 0.25) is 0 Å². The van der Waals surface area contributed by atoms with Crippen LogP contribution in [-0.4, -0.2) is 40.3 Å². The molecule has 0 aliphatic carbocycles. The normalized spacial score (nSPS) is 17.8. The Morgan fingerprint density at radius 3 is 2.61 bits per heavy atom. The van der Waals surface area contributed by atoms with Crippen LogP contribution in [0.15, 0.2) is 42.5 Å². The van der Waals surface area contributed by atoms with Crippen LogP contribution in [-0.2, 0) is 4.74 Å². The molecule has 0 bridgehead atoms. The highest BCUT2D eigenvalue weighted by Gasteiger charge is 2.29. The van der Waals surface area contributed by atoms with Gasteiger partial charge in [-0.05, 0) is 37.3 Å². The summed E-state index contributed by atoms with van der Waals surface area (Å²) in [5.74, 6) is 2.30. The molecule has 7 nitrogen and oxygen atoms in total. The first kappa shape index (κ1) is 19.5. The summed E-state index contributed by atoms with van der Waals surface area (Å²) in [6.07, 6.45) is 0.506. The van der Waals surface area contributed by atoms with Crippen molar-refractivity contribution in [1.29, 1.82) is 0 Å². The molecule has 7 heteroatoms. The minimum atomic E-state index is 0.125. The van der Waals surface area contributed by atoms with E-state index in [0.29, 0.717) is 43.3 Å². The predicted octanol–water partition coefficient (Wildman–Crippen LogP) is 4.60. The largest absolute Gasteiger partial charge is 0.381 e. The summed E-state index contributed by atoms with van der Waals surface area (Å²) in [4.78, 5) is 18.7. The Balaban J connectivity index is 1.63. The van der Waals surface area contributed by atoms with Gasteiger partial charge in [-0.15, -0.1) is 10.2 Å². The highest BCUT2D eigenvalue weighted by Crippen LogP contribution is 2.39. The number of benzene rings is 2. The molecule has 2 aliphatic heterocycles. The second-order valence-electron chi connectivity index (χ2n) is 8.31. The first-order valence-corrected chi connectivity index (χ1v) is 10.5. The third-order valence-corrected chi connectivity index (χ3v) is 6.05. The number of nitrogens with zero attached hydrogens (tertiary/aromatic N) is 5. The maximum atomic E-state index is 12.9. The van der Waals surface area contributed by atoms with Crippen LogP contribution < -0.4 is 4.90 Å². The van der Waals surface area contributed by atoms with E-state index in [2.05, 4.69) is 31.4 Å². The molecular formula is C24H23N5O2. The summed E-state index contributed by atoms with van der Waals surface area (Å²) in [6.45, 7) is 13.3. The molecule has 0 saturated carbocycles. The number of Topliss-reactive ketones (excluding diaryl/α,β-unsaturated/α-hetero) is 1. The lowest BCUT2D eigenvalue weighted by Gasteiger charge is -2.28. The van der Waals surface area contributed by atoms with Gasteiger partial charge in [-0.1, -0.05) is 19.1 Å². The van der Waals surface area contributed by atoms with E-state index in [-0.39, 0.29) is 11.7 Å². The number of fused-ring (bicyclic) bond motifs is 3. The van der Waals surface area contributed by atoms with Gasteiger partial charge in [0.05, 0.1) is 31.2 Å². The van der Waals surface area contributed by atoms with E-state index in [1.54, 1.807) is 0 Å². The third-order valence-electron chi connectivity index (χ3n) is 6.05. The fraction of sp³-hybridized carbons (Fsp3) is 0.333. The first-order chi connectivity index (χ1) is 15.0.